The van der Waals surface area contributed by atoms with Crippen LogP contribution in [0.1, 0.15) is 38.2 Å². The number of hydrogen-bond donors (Lipinski definition) is 1. The number of amides is 3. The Morgan fingerprint density at radius 1 is 1.34 bits per heavy atom. The molecule has 1 spiro atoms. The number of para-hydroxylation sites is 1. The van der Waals surface area contributed by atoms with E-state index in [2.05, 4.69) is 10.3 Å². The van der Waals surface area contributed by atoms with Crippen molar-refractivity contribution in [1.29, 1.82) is 0 Å². The molecule has 29 heavy (non-hydrogen) atoms. The maximum atomic E-state index is 12.9. The van der Waals surface area contributed by atoms with Crippen LogP contribution in [0.3, 0.4) is 0 Å². The van der Waals surface area contributed by atoms with Crippen molar-refractivity contribution < 1.29 is 19.1 Å². The Balaban J connectivity index is 1.42. The number of hydrogen-bond acceptors (Lipinski definition) is 5. The van der Waals surface area contributed by atoms with Crippen LogP contribution in [0.25, 0.3) is 10.9 Å². The molecule has 2 atom stereocenters. The average molecular weight is 416 g/mol. The molecule has 2 aromatic rings. The number of imide groups is 1. The van der Waals surface area contributed by atoms with Crippen molar-refractivity contribution in [3.8, 4) is 0 Å². The van der Waals surface area contributed by atoms with Crippen LogP contribution in [-0.4, -0.2) is 39.9 Å². The first-order valence-corrected chi connectivity index (χ1v) is 10.1. The SMILES string of the molecule is C[C@@H]1CCCC[C@]12NC(=O)N(CC(=O)OCc1cc3ccccc3nc1Cl)C2=O. The fraction of sp³-hybridized carbons (Fsp3) is 0.429. The van der Waals surface area contributed by atoms with Crippen molar-refractivity contribution >= 4 is 40.4 Å². The van der Waals surface area contributed by atoms with Crippen LogP contribution >= 0.6 is 11.6 Å². The van der Waals surface area contributed by atoms with E-state index in [1.54, 1.807) is 0 Å². The second kappa shape index (κ2) is 7.63. The van der Waals surface area contributed by atoms with E-state index in [9.17, 15) is 14.4 Å². The van der Waals surface area contributed by atoms with Gasteiger partial charge in [-0.1, -0.05) is 49.6 Å². The molecule has 7 nitrogen and oxygen atoms in total. The minimum atomic E-state index is -0.888. The summed E-state index contributed by atoms with van der Waals surface area (Å²) in [6.07, 6.45) is 3.39. The van der Waals surface area contributed by atoms with Gasteiger partial charge >= 0.3 is 12.0 Å². The zero-order chi connectivity index (χ0) is 20.6. The number of benzene rings is 1. The molecule has 2 aliphatic rings. The summed E-state index contributed by atoms with van der Waals surface area (Å²) in [6, 6.07) is 8.76. The number of ether oxygens (including phenoxy) is 1. The highest BCUT2D eigenvalue weighted by Crippen LogP contribution is 2.38. The molecule has 2 heterocycles. The molecule has 4 rings (SSSR count). The van der Waals surface area contributed by atoms with Crippen molar-refractivity contribution in [2.45, 2.75) is 44.8 Å². The number of nitrogens with one attached hydrogen (secondary N) is 1. The summed E-state index contributed by atoms with van der Waals surface area (Å²) in [5.74, 6) is -0.966. The molecule has 0 radical (unpaired) electrons. The number of rotatable bonds is 4. The maximum absolute atomic E-state index is 12.9. The van der Waals surface area contributed by atoms with Crippen LogP contribution < -0.4 is 5.32 Å². The zero-order valence-corrected chi connectivity index (χ0v) is 16.9. The quantitative estimate of drug-likeness (QED) is 0.469. The predicted octanol–water partition coefficient (Wildman–Crippen LogP) is 3.43. The monoisotopic (exact) mass is 415 g/mol. The number of carbonyl (C=O) groups excluding carboxylic acids is 3. The Morgan fingerprint density at radius 2 is 2.14 bits per heavy atom. The highest BCUT2D eigenvalue weighted by atomic mass is 35.5. The third kappa shape index (κ3) is 3.55. The second-order valence-corrected chi connectivity index (χ2v) is 8.09. The molecule has 1 N–H and O–H groups in total. The Kier molecular flexibility index (Phi) is 5.17. The third-order valence-electron chi connectivity index (χ3n) is 5.93. The first kappa shape index (κ1) is 19.6. The number of aromatic nitrogens is 1. The molecule has 1 aromatic heterocycles. The lowest BCUT2D eigenvalue weighted by molar-refractivity contribution is -0.149. The molecule has 3 amide bonds. The first-order chi connectivity index (χ1) is 13.9. The van der Waals surface area contributed by atoms with Crippen LogP contribution in [0, 0.1) is 5.92 Å². The maximum Gasteiger partial charge on any atom is 0.326 e. The fourth-order valence-corrected chi connectivity index (χ4v) is 4.41. The van der Waals surface area contributed by atoms with Gasteiger partial charge in [0.25, 0.3) is 5.91 Å². The Morgan fingerprint density at radius 3 is 2.93 bits per heavy atom. The van der Waals surface area contributed by atoms with Gasteiger partial charge in [0.2, 0.25) is 0 Å². The summed E-state index contributed by atoms with van der Waals surface area (Å²) in [5, 5.41) is 3.96. The van der Waals surface area contributed by atoms with E-state index in [1.807, 2.05) is 37.3 Å². The van der Waals surface area contributed by atoms with E-state index in [1.165, 1.54) is 0 Å². The highest BCUT2D eigenvalue weighted by Gasteiger charge is 2.55. The van der Waals surface area contributed by atoms with Crippen molar-refractivity contribution in [2.24, 2.45) is 5.92 Å². The normalized spacial score (nSPS) is 24.2. The number of urea groups is 1. The van der Waals surface area contributed by atoms with Gasteiger partial charge in [-0.05, 0) is 30.9 Å². The van der Waals surface area contributed by atoms with Crippen LogP contribution in [0.4, 0.5) is 4.79 Å². The van der Waals surface area contributed by atoms with Gasteiger partial charge in [-0.25, -0.2) is 9.78 Å². The van der Waals surface area contributed by atoms with Gasteiger partial charge in [0, 0.05) is 10.9 Å². The molecule has 152 valence electrons. The summed E-state index contributed by atoms with van der Waals surface area (Å²) in [4.78, 5) is 42.9. The molecule has 1 saturated heterocycles. The minimum Gasteiger partial charge on any atom is -0.459 e. The van der Waals surface area contributed by atoms with Gasteiger partial charge in [-0.15, -0.1) is 0 Å². The van der Waals surface area contributed by atoms with Crippen molar-refractivity contribution in [2.75, 3.05) is 6.54 Å². The molecule has 1 aliphatic carbocycles. The first-order valence-electron chi connectivity index (χ1n) is 9.74. The van der Waals surface area contributed by atoms with Crippen LogP contribution in [0.15, 0.2) is 30.3 Å². The highest BCUT2D eigenvalue weighted by molar-refractivity contribution is 6.30. The molecule has 1 aliphatic heterocycles. The molecule has 0 bridgehead atoms. The topological polar surface area (TPSA) is 88.6 Å². The number of halogens is 1. The largest absolute Gasteiger partial charge is 0.459 e. The van der Waals surface area contributed by atoms with E-state index >= 15 is 0 Å². The van der Waals surface area contributed by atoms with Crippen LogP contribution in [0.5, 0.6) is 0 Å². The standard InChI is InChI=1S/C21H22ClN3O4/c1-13-6-4-5-9-21(13)19(27)25(20(28)24-21)11-17(26)29-12-15-10-14-7-2-3-8-16(14)23-18(15)22/h2-3,7-8,10,13H,4-6,9,11-12H2,1H3,(H,24,28)/t13-,21+/m1/s1. The lowest BCUT2D eigenvalue weighted by Crippen LogP contribution is -2.54. The lowest BCUT2D eigenvalue weighted by Gasteiger charge is -2.36. The summed E-state index contributed by atoms with van der Waals surface area (Å²) >= 11 is 6.19. The fourth-order valence-electron chi connectivity index (χ4n) is 4.21. The number of esters is 1. The Hall–Kier alpha value is -2.67. The zero-order valence-electron chi connectivity index (χ0n) is 16.1. The second-order valence-electron chi connectivity index (χ2n) is 7.73. The van der Waals surface area contributed by atoms with E-state index < -0.39 is 24.1 Å². The minimum absolute atomic E-state index is 0.0381. The van der Waals surface area contributed by atoms with Gasteiger partial charge in [0.05, 0.1) is 5.52 Å². The van der Waals surface area contributed by atoms with Gasteiger partial charge in [-0.2, -0.15) is 0 Å². The van der Waals surface area contributed by atoms with Gasteiger partial charge in [0.15, 0.2) is 0 Å². The number of fused-ring (bicyclic) bond motifs is 1. The molecule has 2 fully saturated rings. The molecular weight excluding hydrogens is 394 g/mol. The van der Waals surface area contributed by atoms with Crippen molar-refractivity contribution in [3.63, 3.8) is 0 Å². The summed E-state index contributed by atoms with van der Waals surface area (Å²) in [5.41, 5.74) is 0.424. The average Bonchev–Trinajstić information content (AvgIpc) is 2.93. The number of carbonyl (C=O) groups is 3. The van der Waals surface area contributed by atoms with Crippen LogP contribution in [0.2, 0.25) is 5.15 Å². The molecule has 1 aromatic carbocycles. The smallest absolute Gasteiger partial charge is 0.326 e. The molecule has 1 saturated carbocycles. The molecule has 8 heteroatoms. The molecular formula is C21H22ClN3O4. The number of nitrogens with zero attached hydrogens (tertiary/aromatic N) is 2. The Labute approximate surface area is 173 Å². The summed E-state index contributed by atoms with van der Waals surface area (Å²) in [7, 11) is 0. The van der Waals surface area contributed by atoms with Gasteiger partial charge < -0.3 is 10.1 Å². The van der Waals surface area contributed by atoms with Crippen LogP contribution in [-0.2, 0) is 20.9 Å². The predicted molar refractivity (Wildman–Crippen MR) is 107 cm³/mol. The third-order valence-corrected chi connectivity index (χ3v) is 6.25. The lowest BCUT2D eigenvalue weighted by atomic mass is 9.73. The van der Waals surface area contributed by atoms with E-state index in [0.29, 0.717) is 12.0 Å². The van der Waals surface area contributed by atoms with Crippen molar-refractivity contribution in [3.05, 3.63) is 41.0 Å². The van der Waals surface area contributed by atoms with E-state index in [-0.39, 0.29) is 23.6 Å². The summed E-state index contributed by atoms with van der Waals surface area (Å²) in [6.45, 7) is 1.46. The number of pyridine rings is 1. The van der Waals surface area contributed by atoms with Gasteiger partial charge in [-0.3, -0.25) is 14.5 Å². The molecule has 0 unspecified atom stereocenters. The van der Waals surface area contributed by atoms with Crippen molar-refractivity contribution in [1.82, 2.24) is 15.2 Å². The Bertz CT molecular complexity index is 995. The summed E-state index contributed by atoms with van der Waals surface area (Å²) < 4.78 is 5.28. The van der Waals surface area contributed by atoms with Gasteiger partial charge in [0.1, 0.15) is 23.8 Å². The van der Waals surface area contributed by atoms with E-state index in [0.717, 1.165) is 35.1 Å². The van der Waals surface area contributed by atoms with E-state index in [4.69, 9.17) is 16.3 Å².